The van der Waals surface area contributed by atoms with Gasteiger partial charge in [0, 0.05) is 25.5 Å². The van der Waals surface area contributed by atoms with E-state index in [-0.39, 0.29) is 17.7 Å². The molecule has 0 saturated heterocycles. The number of hydrogen-bond acceptors (Lipinski definition) is 6. The molecule has 8 nitrogen and oxygen atoms in total. The number of fused-ring (bicyclic) bond motifs is 2. The fourth-order valence-electron chi connectivity index (χ4n) is 4.19. The summed E-state index contributed by atoms with van der Waals surface area (Å²) in [7, 11) is 0. The molecule has 1 saturated carbocycles. The number of rotatable bonds is 6. The van der Waals surface area contributed by atoms with Crippen molar-refractivity contribution < 1.29 is 19.0 Å². The fraction of sp³-hybridized carbons (Fsp3) is 0.500. The number of aromatic nitrogens is 2. The molecule has 0 spiro atoms. The van der Waals surface area contributed by atoms with E-state index in [4.69, 9.17) is 19.9 Å². The van der Waals surface area contributed by atoms with Crippen molar-refractivity contribution in [3.8, 4) is 17.7 Å². The molecule has 2 aromatic rings. The molecule has 1 aromatic carbocycles. The predicted octanol–water partition coefficient (Wildman–Crippen LogP) is 2.15. The average molecular weight is 408 g/mol. The second kappa shape index (κ2) is 7.65. The Morgan fingerprint density at radius 3 is 2.97 bits per heavy atom. The Labute approximate surface area is 174 Å². The van der Waals surface area contributed by atoms with Crippen LogP contribution in [0.25, 0.3) is 0 Å². The Bertz CT molecular complexity index is 1020. The molecule has 0 bridgehead atoms. The highest BCUT2D eigenvalue weighted by molar-refractivity contribution is 5.93. The van der Waals surface area contributed by atoms with Crippen LogP contribution in [0.1, 0.15) is 52.4 Å². The molecule has 2 N–H and O–H groups in total. The summed E-state index contributed by atoms with van der Waals surface area (Å²) in [4.78, 5) is 12.1. The molecule has 2 atom stereocenters. The van der Waals surface area contributed by atoms with Crippen LogP contribution < -0.4 is 15.2 Å². The number of ether oxygens (including phenoxy) is 3. The molecule has 1 unspecified atom stereocenters. The molecule has 2 aliphatic heterocycles. The Hall–Kier alpha value is -3.05. The van der Waals surface area contributed by atoms with Crippen LogP contribution in [0.15, 0.2) is 18.2 Å². The Balaban J connectivity index is 1.41. The van der Waals surface area contributed by atoms with Gasteiger partial charge < -0.3 is 19.9 Å². The Kier molecular flexibility index (Phi) is 4.83. The predicted molar refractivity (Wildman–Crippen MR) is 106 cm³/mol. The quantitative estimate of drug-likeness (QED) is 0.784. The maximum Gasteiger partial charge on any atom is 0.269 e. The number of nitriles is 1. The monoisotopic (exact) mass is 408 g/mol. The van der Waals surface area contributed by atoms with E-state index in [1.165, 1.54) is 12.8 Å². The highest BCUT2D eigenvalue weighted by Crippen LogP contribution is 2.40. The molecule has 5 rings (SSSR count). The summed E-state index contributed by atoms with van der Waals surface area (Å²) in [5.74, 6) is 1.34. The SMILES string of the molecule is N#Cc1ccc2c(c1)C[C@H](c1c(C(N)=O)nn3c1OC(COCC1CC1)CC3)CO2. The fourth-order valence-corrected chi connectivity index (χ4v) is 4.19. The number of hydrogen-bond donors (Lipinski definition) is 1. The molecule has 1 aromatic heterocycles. The molecule has 156 valence electrons. The van der Waals surface area contributed by atoms with Crippen molar-refractivity contribution >= 4 is 5.91 Å². The van der Waals surface area contributed by atoms with Gasteiger partial charge in [-0.25, -0.2) is 4.68 Å². The van der Waals surface area contributed by atoms with E-state index >= 15 is 0 Å². The van der Waals surface area contributed by atoms with Gasteiger partial charge in [-0.05, 0) is 48.9 Å². The van der Waals surface area contributed by atoms with Crippen LogP contribution >= 0.6 is 0 Å². The van der Waals surface area contributed by atoms with Gasteiger partial charge in [-0.2, -0.15) is 10.4 Å². The van der Waals surface area contributed by atoms with Gasteiger partial charge in [0.25, 0.3) is 5.91 Å². The lowest BCUT2D eigenvalue weighted by atomic mass is 9.89. The van der Waals surface area contributed by atoms with E-state index in [0.29, 0.717) is 49.1 Å². The molecular weight excluding hydrogens is 384 g/mol. The van der Waals surface area contributed by atoms with E-state index in [2.05, 4.69) is 11.2 Å². The summed E-state index contributed by atoms with van der Waals surface area (Å²) >= 11 is 0. The lowest BCUT2D eigenvalue weighted by molar-refractivity contribution is 0.0211. The van der Waals surface area contributed by atoms with Crippen LogP contribution in [0.5, 0.6) is 11.6 Å². The van der Waals surface area contributed by atoms with Gasteiger partial charge in [0.2, 0.25) is 5.88 Å². The number of carbonyl (C=O) groups excluding carboxylic acids is 1. The maximum atomic E-state index is 12.1. The molecule has 3 aliphatic rings. The summed E-state index contributed by atoms with van der Waals surface area (Å²) < 4.78 is 19.7. The first kappa shape index (κ1) is 18.9. The standard InChI is InChI=1S/C22H24N4O4/c23-9-14-3-4-18-15(7-14)8-16(11-29-18)19-20(21(24)27)25-26-6-5-17(30-22(19)26)12-28-10-13-1-2-13/h3-4,7,13,16-17H,1-2,5-6,8,10-12H2,(H2,24,27)/t16-,17?/m0/s1. The first-order valence-electron chi connectivity index (χ1n) is 10.4. The summed E-state index contributed by atoms with van der Waals surface area (Å²) in [6.45, 7) is 2.36. The van der Waals surface area contributed by atoms with Gasteiger partial charge in [-0.3, -0.25) is 4.79 Å². The van der Waals surface area contributed by atoms with Crippen LogP contribution in [0.3, 0.4) is 0 Å². The molecular formula is C22H24N4O4. The number of nitrogens with zero attached hydrogens (tertiary/aromatic N) is 3. The molecule has 8 heteroatoms. The first-order chi connectivity index (χ1) is 14.6. The second-order valence-corrected chi connectivity index (χ2v) is 8.31. The van der Waals surface area contributed by atoms with Gasteiger partial charge in [-0.1, -0.05) is 0 Å². The zero-order valence-electron chi connectivity index (χ0n) is 16.7. The van der Waals surface area contributed by atoms with Gasteiger partial charge in [0.1, 0.15) is 11.9 Å². The smallest absolute Gasteiger partial charge is 0.269 e. The third-order valence-corrected chi connectivity index (χ3v) is 5.97. The van der Waals surface area contributed by atoms with Gasteiger partial charge >= 0.3 is 0 Å². The summed E-state index contributed by atoms with van der Waals surface area (Å²) in [6.07, 6.45) is 3.82. The van der Waals surface area contributed by atoms with Crippen LogP contribution in [0.4, 0.5) is 0 Å². The summed E-state index contributed by atoms with van der Waals surface area (Å²) in [5, 5.41) is 13.6. The minimum atomic E-state index is -0.575. The van der Waals surface area contributed by atoms with E-state index < -0.39 is 5.91 Å². The topological polar surface area (TPSA) is 112 Å². The largest absolute Gasteiger partial charge is 0.493 e. The van der Waals surface area contributed by atoms with Crippen molar-refractivity contribution in [2.45, 2.75) is 44.2 Å². The van der Waals surface area contributed by atoms with E-state index in [1.807, 2.05) is 12.1 Å². The van der Waals surface area contributed by atoms with Crippen molar-refractivity contribution in [1.82, 2.24) is 9.78 Å². The number of amides is 1. The molecule has 1 aliphatic carbocycles. The third kappa shape index (κ3) is 3.61. The van der Waals surface area contributed by atoms with Crippen molar-refractivity contribution in [1.29, 1.82) is 5.26 Å². The number of nitrogens with two attached hydrogens (primary N) is 1. The van der Waals surface area contributed by atoms with Crippen LogP contribution in [0, 0.1) is 17.2 Å². The lowest BCUT2D eigenvalue weighted by Gasteiger charge is -2.29. The molecule has 1 fully saturated rings. The molecule has 0 radical (unpaired) electrons. The summed E-state index contributed by atoms with van der Waals surface area (Å²) in [5.41, 5.74) is 8.09. The van der Waals surface area contributed by atoms with E-state index in [0.717, 1.165) is 24.3 Å². The van der Waals surface area contributed by atoms with Gasteiger partial charge in [-0.15, -0.1) is 0 Å². The zero-order valence-corrected chi connectivity index (χ0v) is 16.7. The zero-order chi connectivity index (χ0) is 20.7. The first-order valence-corrected chi connectivity index (χ1v) is 10.4. The molecule has 3 heterocycles. The van der Waals surface area contributed by atoms with Gasteiger partial charge in [0.15, 0.2) is 5.69 Å². The minimum absolute atomic E-state index is 0.0746. The normalized spacial score (nSPS) is 22.2. The third-order valence-electron chi connectivity index (χ3n) is 5.97. The van der Waals surface area contributed by atoms with Crippen molar-refractivity contribution in [2.24, 2.45) is 11.7 Å². The highest BCUT2D eigenvalue weighted by Gasteiger charge is 2.35. The van der Waals surface area contributed by atoms with Gasteiger partial charge in [0.05, 0.1) is 30.4 Å². The highest BCUT2D eigenvalue weighted by atomic mass is 16.5. The summed E-state index contributed by atoms with van der Waals surface area (Å²) in [6, 6.07) is 7.55. The van der Waals surface area contributed by atoms with Crippen LogP contribution in [-0.4, -0.2) is 41.6 Å². The number of carbonyl (C=O) groups is 1. The second-order valence-electron chi connectivity index (χ2n) is 8.31. The number of benzene rings is 1. The number of aryl methyl sites for hydroxylation is 1. The molecule has 1 amide bonds. The maximum absolute atomic E-state index is 12.1. The van der Waals surface area contributed by atoms with Crippen molar-refractivity contribution in [3.63, 3.8) is 0 Å². The van der Waals surface area contributed by atoms with E-state index in [1.54, 1.807) is 10.7 Å². The number of primary amides is 1. The average Bonchev–Trinajstić information content (AvgIpc) is 3.50. The van der Waals surface area contributed by atoms with Crippen LogP contribution in [0.2, 0.25) is 0 Å². The van der Waals surface area contributed by atoms with E-state index in [9.17, 15) is 10.1 Å². The Morgan fingerprint density at radius 2 is 2.20 bits per heavy atom. The Morgan fingerprint density at radius 1 is 1.33 bits per heavy atom. The molecule has 30 heavy (non-hydrogen) atoms. The van der Waals surface area contributed by atoms with Crippen LogP contribution in [-0.2, 0) is 17.7 Å². The lowest BCUT2D eigenvalue weighted by Crippen LogP contribution is -2.31. The van der Waals surface area contributed by atoms with Crippen molar-refractivity contribution in [3.05, 3.63) is 40.6 Å². The van der Waals surface area contributed by atoms with Crippen molar-refractivity contribution in [2.75, 3.05) is 19.8 Å². The minimum Gasteiger partial charge on any atom is -0.493 e.